The third-order valence-corrected chi connectivity index (χ3v) is 4.29. The van der Waals surface area contributed by atoms with E-state index in [1.54, 1.807) is 31.3 Å². The van der Waals surface area contributed by atoms with E-state index in [0.29, 0.717) is 23.7 Å². The fraction of sp³-hybridized carbons (Fsp3) is 0.412. The molecule has 0 aliphatic carbocycles. The maximum Gasteiger partial charge on any atom is 0.230 e. The molecule has 122 valence electrons. The second kappa shape index (κ2) is 6.50. The first kappa shape index (κ1) is 15.7. The molecular formula is C17H20FN3O2. The van der Waals surface area contributed by atoms with Gasteiger partial charge in [0.05, 0.1) is 29.6 Å². The van der Waals surface area contributed by atoms with Gasteiger partial charge >= 0.3 is 0 Å². The van der Waals surface area contributed by atoms with Crippen molar-refractivity contribution in [2.75, 3.05) is 11.9 Å². The lowest BCUT2D eigenvalue weighted by Crippen LogP contribution is -2.36. The normalized spacial score (nSPS) is 21.2. The molecule has 3 rings (SSSR count). The second-order valence-corrected chi connectivity index (χ2v) is 5.82. The van der Waals surface area contributed by atoms with Crippen molar-refractivity contribution >= 4 is 11.6 Å². The number of anilines is 1. The Morgan fingerprint density at radius 2 is 2.22 bits per heavy atom. The summed E-state index contributed by atoms with van der Waals surface area (Å²) in [4.78, 5) is 12.4. The summed E-state index contributed by atoms with van der Waals surface area (Å²) in [7, 11) is 0. The second-order valence-electron chi connectivity index (χ2n) is 5.82. The van der Waals surface area contributed by atoms with E-state index in [4.69, 9.17) is 4.74 Å². The lowest BCUT2D eigenvalue weighted by atomic mass is 9.94. The molecule has 2 unspecified atom stereocenters. The van der Waals surface area contributed by atoms with Crippen molar-refractivity contribution in [1.29, 1.82) is 0 Å². The van der Waals surface area contributed by atoms with E-state index >= 15 is 0 Å². The molecule has 0 radical (unpaired) electrons. The van der Waals surface area contributed by atoms with Crippen LogP contribution < -0.4 is 5.32 Å². The van der Waals surface area contributed by atoms with E-state index in [1.807, 2.05) is 6.92 Å². The molecule has 1 N–H and O–H groups in total. The number of rotatable bonds is 3. The highest BCUT2D eigenvalue weighted by molar-refractivity contribution is 5.93. The Morgan fingerprint density at radius 1 is 1.43 bits per heavy atom. The van der Waals surface area contributed by atoms with E-state index in [9.17, 15) is 9.18 Å². The summed E-state index contributed by atoms with van der Waals surface area (Å²) >= 11 is 0. The molecule has 23 heavy (non-hydrogen) atoms. The molecule has 2 atom stereocenters. The van der Waals surface area contributed by atoms with E-state index < -0.39 is 0 Å². The minimum Gasteiger partial charge on any atom is -0.378 e. The highest BCUT2D eigenvalue weighted by Crippen LogP contribution is 2.24. The smallest absolute Gasteiger partial charge is 0.230 e. The van der Waals surface area contributed by atoms with Gasteiger partial charge in [0, 0.05) is 6.61 Å². The standard InChI is InChI=1S/C17H20FN3O2/c1-11-15(20-17(22)13-6-5-9-23-12(13)2)10-19-21(11)16-8-4-3-7-14(16)18/h3-4,7-8,10,12-13H,5-6,9H2,1-2H3,(H,20,22). The van der Waals surface area contributed by atoms with Crippen LogP contribution in [-0.4, -0.2) is 28.4 Å². The highest BCUT2D eigenvalue weighted by Gasteiger charge is 2.29. The van der Waals surface area contributed by atoms with E-state index in [0.717, 1.165) is 12.8 Å². The molecule has 1 aromatic carbocycles. The summed E-state index contributed by atoms with van der Waals surface area (Å²) in [6.07, 6.45) is 3.16. The van der Waals surface area contributed by atoms with Crippen molar-refractivity contribution in [3.63, 3.8) is 0 Å². The average Bonchev–Trinajstić information content (AvgIpc) is 2.89. The number of nitrogens with one attached hydrogen (secondary N) is 1. The van der Waals surface area contributed by atoms with Gasteiger partial charge in [-0.2, -0.15) is 5.10 Å². The average molecular weight is 317 g/mol. The van der Waals surface area contributed by atoms with Crippen LogP contribution in [0.5, 0.6) is 0 Å². The first-order valence-electron chi connectivity index (χ1n) is 7.80. The Kier molecular flexibility index (Phi) is 4.43. The van der Waals surface area contributed by atoms with Crippen LogP contribution in [-0.2, 0) is 9.53 Å². The number of carbonyl (C=O) groups excluding carboxylic acids is 1. The molecule has 1 aliphatic rings. The van der Waals surface area contributed by atoms with Gasteiger partial charge in [0.2, 0.25) is 5.91 Å². The van der Waals surface area contributed by atoms with Gasteiger partial charge in [-0.25, -0.2) is 9.07 Å². The zero-order valence-corrected chi connectivity index (χ0v) is 13.3. The number of nitrogens with zero attached hydrogens (tertiary/aromatic N) is 2. The van der Waals surface area contributed by atoms with Crippen molar-refractivity contribution in [3.05, 3.63) is 42.0 Å². The monoisotopic (exact) mass is 317 g/mol. The Labute approximate surface area is 134 Å². The van der Waals surface area contributed by atoms with Crippen LogP contribution in [0.25, 0.3) is 5.69 Å². The molecule has 1 fully saturated rings. The quantitative estimate of drug-likeness (QED) is 0.946. The predicted octanol–water partition coefficient (Wildman–Crippen LogP) is 3.07. The molecule has 2 aromatic rings. The van der Waals surface area contributed by atoms with E-state index in [1.165, 1.54) is 10.7 Å². The zero-order valence-electron chi connectivity index (χ0n) is 13.3. The van der Waals surface area contributed by atoms with Crippen LogP contribution in [0, 0.1) is 18.7 Å². The zero-order chi connectivity index (χ0) is 16.4. The minimum absolute atomic E-state index is 0.0756. The number of hydrogen-bond donors (Lipinski definition) is 1. The maximum absolute atomic E-state index is 13.9. The van der Waals surface area contributed by atoms with Crippen molar-refractivity contribution in [2.45, 2.75) is 32.8 Å². The molecule has 1 aliphatic heterocycles. The van der Waals surface area contributed by atoms with Gasteiger partial charge in [0.15, 0.2) is 0 Å². The first-order valence-corrected chi connectivity index (χ1v) is 7.80. The van der Waals surface area contributed by atoms with Gasteiger partial charge in [-0.15, -0.1) is 0 Å². The summed E-state index contributed by atoms with van der Waals surface area (Å²) in [5.41, 5.74) is 1.64. The van der Waals surface area contributed by atoms with Gasteiger partial charge in [0.1, 0.15) is 11.5 Å². The number of amides is 1. The first-order chi connectivity index (χ1) is 11.1. The van der Waals surface area contributed by atoms with Gasteiger partial charge < -0.3 is 10.1 Å². The van der Waals surface area contributed by atoms with Crippen molar-refractivity contribution in [1.82, 2.24) is 9.78 Å². The molecule has 0 saturated carbocycles. The molecule has 1 aromatic heterocycles. The van der Waals surface area contributed by atoms with Gasteiger partial charge in [0.25, 0.3) is 0 Å². The molecule has 6 heteroatoms. The van der Waals surface area contributed by atoms with E-state index in [-0.39, 0.29) is 23.7 Å². The van der Waals surface area contributed by atoms with Crippen LogP contribution in [0.4, 0.5) is 10.1 Å². The lowest BCUT2D eigenvalue weighted by molar-refractivity contribution is -0.127. The molecule has 0 spiro atoms. The van der Waals surface area contributed by atoms with Crippen molar-refractivity contribution < 1.29 is 13.9 Å². The molecule has 0 bridgehead atoms. The Hall–Kier alpha value is -2.21. The summed E-state index contributed by atoms with van der Waals surface area (Å²) in [5, 5.41) is 7.09. The van der Waals surface area contributed by atoms with Gasteiger partial charge in [-0.3, -0.25) is 4.79 Å². The van der Waals surface area contributed by atoms with Crippen LogP contribution in [0.3, 0.4) is 0 Å². The SMILES string of the molecule is Cc1c(NC(=O)C2CCCOC2C)cnn1-c1ccccc1F. The van der Waals surface area contributed by atoms with Crippen LogP contribution in [0.2, 0.25) is 0 Å². The number of ether oxygens (including phenoxy) is 1. The van der Waals surface area contributed by atoms with Crippen LogP contribution >= 0.6 is 0 Å². The fourth-order valence-electron chi connectivity index (χ4n) is 2.89. The number of hydrogen-bond acceptors (Lipinski definition) is 3. The van der Waals surface area contributed by atoms with Crippen LogP contribution in [0.1, 0.15) is 25.5 Å². The predicted molar refractivity (Wildman–Crippen MR) is 85.0 cm³/mol. The topological polar surface area (TPSA) is 56.1 Å². The number of aromatic nitrogens is 2. The molecule has 1 amide bonds. The Morgan fingerprint density at radius 3 is 2.96 bits per heavy atom. The third kappa shape index (κ3) is 3.12. The summed E-state index contributed by atoms with van der Waals surface area (Å²) < 4.78 is 20.9. The molecule has 1 saturated heterocycles. The summed E-state index contributed by atoms with van der Waals surface area (Å²) in [6, 6.07) is 6.41. The van der Waals surface area contributed by atoms with Gasteiger partial charge in [-0.05, 0) is 38.8 Å². The molecule has 2 heterocycles. The van der Waals surface area contributed by atoms with Crippen molar-refractivity contribution in [3.8, 4) is 5.69 Å². The Balaban J connectivity index is 1.80. The lowest BCUT2D eigenvalue weighted by Gasteiger charge is -2.27. The molecular weight excluding hydrogens is 297 g/mol. The number of benzene rings is 1. The molecule has 5 nitrogen and oxygen atoms in total. The third-order valence-electron chi connectivity index (χ3n) is 4.29. The van der Waals surface area contributed by atoms with Gasteiger partial charge in [-0.1, -0.05) is 12.1 Å². The number of carbonyl (C=O) groups is 1. The Bertz CT molecular complexity index is 714. The largest absolute Gasteiger partial charge is 0.378 e. The van der Waals surface area contributed by atoms with Crippen molar-refractivity contribution in [2.24, 2.45) is 5.92 Å². The van der Waals surface area contributed by atoms with E-state index in [2.05, 4.69) is 10.4 Å². The number of halogens is 1. The highest BCUT2D eigenvalue weighted by atomic mass is 19.1. The summed E-state index contributed by atoms with van der Waals surface area (Å²) in [6.45, 7) is 4.42. The minimum atomic E-state index is -0.356. The number of para-hydroxylation sites is 1. The fourth-order valence-corrected chi connectivity index (χ4v) is 2.89. The summed E-state index contributed by atoms with van der Waals surface area (Å²) in [5.74, 6) is -0.598. The maximum atomic E-state index is 13.9. The van der Waals surface area contributed by atoms with Crippen LogP contribution in [0.15, 0.2) is 30.5 Å².